The van der Waals surface area contributed by atoms with E-state index < -0.39 is 15.4 Å². The van der Waals surface area contributed by atoms with Crippen molar-refractivity contribution in [3.05, 3.63) is 0 Å². The van der Waals surface area contributed by atoms with Gasteiger partial charge >= 0.3 is 0 Å². The number of hydrogen-bond donors (Lipinski definition) is 7. The van der Waals surface area contributed by atoms with Crippen LogP contribution in [0.4, 0.5) is 0 Å². The van der Waals surface area contributed by atoms with Crippen LogP contribution in [-0.2, 0) is 10.1 Å². The van der Waals surface area contributed by atoms with Crippen LogP contribution in [0.3, 0.4) is 0 Å². The van der Waals surface area contributed by atoms with Gasteiger partial charge in [0.2, 0.25) is 0 Å². The highest BCUT2D eigenvalue weighted by Gasteiger charge is 2.33. The molecule has 0 aromatic carbocycles. The second-order valence-electron chi connectivity index (χ2n) is 7.66. The monoisotopic (exact) mass is 410 g/mol. The summed E-state index contributed by atoms with van der Waals surface area (Å²) >= 11 is 6.27. The second-order valence-corrected chi connectivity index (χ2v) is 9.80. The molecule has 0 radical (unpaired) electrons. The maximum atomic E-state index is 11.2. The largest absolute Gasteiger partial charge is 0.328 e. The van der Waals surface area contributed by atoms with E-state index in [0.29, 0.717) is 37.8 Å². The van der Waals surface area contributed by atoms with Gasteiger partial charge in [-0.3, -0.25) is 31.1 Å². The average molecular weight is 411 g/mol. The molecule has 0 aromatic rings. The lowest BCUT2D eigenvalue weighted by Crippen LogP contribution is -2.75. The van der Waals surface area contributed by atoms with Crippen LogP contribution < -0.4 is 32.3 Å². The van der Waals surface area contributed by atoms with Crippen LogP contribution in [0.25, 0.3) is 0 Å². The summed E-state index contributed by atoms with van der Waals surface area (Å²) in [7, 11) is -3.93. The molecule has 3 atom stereocenters. The van der Waals surface area contributed by atoms with Gasteiger partial charge in [0.1, 0.15) is 18.2 Å². The predicted octanol–water partition coefficient (Wildman–Crippen LogP) is -0.493. The maximum Gasteiger partial charge on any atom is 0.267 e. The minimum Gasteiger partial charge on any atom is -0.328 e. The van der Waals surface area contributed by atoms with E-state index in [9.17, 15) is 13.0 Å². The van der Waals surface area contributed by atoms with Gasteiger partial charge in [-0.2, -0.15) is 8.42 Å². The van der Waals surface area contributed by atoms with E-state index in [0.717, 1.165) is 25.7 Å². The summed E-state index contributed by atoms with van der Waals surface area (Å²) in [6.45, 7) is 0. The van der Waals surface area contributed by atoms with Crippen molar-refractivity contribution in [3.8, 4) is 0 Å². The first-order valence-electron chi connectivity index (χ1n) is 9.46. The van der Waals surface area contributed by atoms with Gasteiger partial charge in [0.15, 0.2) is 0 Å². The van der Waals surface area contributed by atoms with E-state index in [1.54, 1.807) is 0 Å². The van der Waals surface area contributed by atoms with Gasteiger partial charge < -0.3 is 5.73 Å². The summed E-state index contributed by atoms with van der Waals surface area (Å²) in [4.78, 5) is 0. The van der Waals surface area contributed by atoms with E-state index in [-0.39, 0.29) is 24.2 Å². The molecule has 0 aromatic heterocycles. The Morgan fingerprint density at radius 1 is 0.846 bits per heavy atom. The van der Waals surface area contributed by atoms with Gasteiger partial charge in [0.05, 0.1) is 5.25 Å². The Morgan fingerprint density at radius 3 is 1.77 bits per heavy atom. The number of hydrogen-bond acceptors (Lipinski definition) is 8. The summed E-state index contributed by atoms with van der Waals surface area (Å²) in [5.41, 5.74) is 5.58. The number of halogens is 1. The van der Waals surface area contributed by atoms with Gasteiger partial charge in [-0.05, 0) is 51.4 Å². The molecule has 1 heterocycles. The quantitative estimate of drug-likeness (QED) is 0.181. The first kappa shape index (κ1) is 20.7. The molecule has 0 spiro atoms. The normalized spacial score (nSPS) is 42.5. The van der Waals surface area contributed by atoms with Crippen molar-refractivity contribution in [3.63, 3.8) is 0 Å². The minimum absolute atomic E-state index is 0.121. The molecule has 2 saturated carbocycles. The molecule has 0 bridgehead atoms. The van der Waals surface area contributed by atoms with Crippen LogP contribution in [0.15, 0.2) is 0 Å². The van der Waals surface area contributed by atoms with Crippen LogP contribution in [0.5, 0.6) is 0 Å². The molecule has 8 N–H and O–H groups in total. The molecule has 0 amide bonds. The molecule has 3 unspecified atom stereocenters. The SMILES string of the molecule is NC1CCC(NC2NC(Cl)NC(NC3CCC(S(=O)(=O)O)CC3)N2)CC1. The number of rotatable bonds is 5. The fourth-order valence-electron chi connectivity index (χ4n) is 4.08. The Labute approximate surface area is 160 Å². The van der Waals surface area contributed by atoms with Gasteiger partial charge in [0, 0.05) is 18.1 Å². The Balaban J connectivity index is 1.45. The zero-order chi connectivity index (χ0) is 18.7. The zero-order valence-corrected chi connectivity index (χ0v) is 16.4. The van der Waals surface area contributed by atoms with Gasteiger partial charge in [0.25, 0.3) is 10.1 Å². The number of nitrogens with two attached hydrogens (primary N) is 1. The fraction of sp³-hybridized carbons (Fsp3) is 1.00. The standard InChI is InChI=1S/C15H31ClN6O3S/c16-13-20-14(18-10-3-1-9(17)2-4-10)22-15(21-13)19-11-5-7-12(8-6-11)26(23,24)25/h9-15,18-22H,1-8,17H2,(H,23,24,25). The highest BCUT2D eigenvalue weighted by molar-refractivity contribution is 7.86. The first-order valence-corrected chi connectivity index (χ1v) is 11.4. The van der Waals surface area contributed by atoms with Crippen molar-refractivity contribution in [2.45, 2.75) is 92.9 Å². The van der Waals surface area contributed by atoms with Crippen molar-refractivity contribution in [2.75, 3.05) is 0 Å². The van der Waals surface area contributed by atoms with Crippen LogP contribution in [0.1, 0.15) is 51.4 Å². The van der Waals surface area contributed by atoms with Gasteiger partial charge in [-0.25, -0.2) is 0 Å². The lowest BCUT2D eigenvalue weighted by Gasteiger charge is -2.41. The highest BCUT2D eigenvalue weighted by Crippen LogP contribution is 2.24. The Bertz CT molecular complexity index is 552. The average Bonchev–Trinajstić information content (AvgIpc) is 2.56. The smallest absolute Gasteiger partial charge is 0.267 e. The summed E-state index contributed by atoms with van der Waals surface area (Å²) < 4.78 is 31.7. The maximum absolute atomic E-state index is 11.2. The molecule has 3 rings (SSSR count). The van der Waals surface area contributed by atoms with Crippen LogP contribution in [0.2, 0.25) is 0 Å². The molecule has 1 saturated heterocycles. The third-order valence-corrected chi connectivity index (χ3v) is 7.20. The van der Waals surface area contributed by atoms with E-state index in [2.05, 4.69) is 26.6 Å². The minimum atomic E-state index is -3.93. The Kier molecular flexibility index (Phi) is 7.14. The van der Waals surface area contributed by atoms with E-state index in [4.69, 9.17) is 17.3 Å². The molecule has 152 valence electrons. The molecule has 2 aliphatic carbocycles. The summed E-state index contributed by atoms with van der Waals surface area (Å²) in [5.74, 6) is 0. The van der Waals surface area contributed by atoms with Crippen LogP contribution >= 0.6 is 11.6 Å². The molecule has 11 heteroatoms. The van der Waals surface area contributed by atoms with E-state index in [1.165, 1.54) is 0 Å². The predicted molar refractivity (Wildman–Crippen MR) is 101 cm³/mol. The third kappa shape index (κ3) is 5.98. The zero-order valence-electron chi connectivity index (χ0n) is 14.8. The highest BCUT2D eigenvalue weighted by atomic mass is 35.5. The fourth-order valence-corrected chi connectivity index (χ4v) is 5.20. The number of alkyl halides is 1. The molecular weight excluding hydrogens is 380 g/mol. The lowest BCUT2D eigenvalue weighted by atomic mass is 9.92. The molecule has 3 aliphatic rings. The van der Waals surface area contributed by atoms with Crippen molar-refractivity contribution in [1.82, 2.24) is 26.6 Å². The molecule has 9 nitrogen and oxygen atoms in total. The molecule has 1 aliphatic heterocycles. The van der Waals surface area contributed by atoms with Crippen molar-refractivity contribution < 1.29 is 13.0 Å². The van der Waals surface area contributed by atoms with Crippen molar-refractivity contribution >= 4 is 21.7 Å². The lowest BCUT2D eigenvalue weighted by molar-refractivity contribution is 0.147. The summed E-state index contributed by atoms with van der Waals surface area (Å²) in [6, 6.07) is 0.899. The molecule has 3 fully saturated rings. The van der Waals surface area contributed by atoms with E-state index in [1.807, 2.05) is 0 Å². The van der Waals surface area contributed by atoms with Gasteiger partial charge in [-0.15, -0.1) is 0 Å². The molecular formula is C15H31ClN6O3S. The second kappa shape index (κ2) is 8.97. The summed E-state index contributed by atoms with van der Waals surface area (Å²) in [6.07, 6.45) is 6.20. The van der Waals surface area contributed by atoms with Crippen LogP contribution in [0, 0.1) is 0 Å². The third-order valence-electron chi connectivity index (χ3n) is 5.63. The van der Waals surface area contributed by atoms with E-state index >= 15 is 0 Å². The summed E-state index contributed by atoms with van der Waals surface area (Å²) in [5, 5.41) is 16.2. The Morgan fingerprint density at radius 2 is 1.31 bits per heavy atom. The first-order chi connectivity index (χ1) is 12.3. The Hall–Kier alpha value is -0.0400. The topological polar surface area (TPSA) is 141 Å². The van der Waals surface area contributed by atoms with Crippen molar-refractivity contribution in [2.24, 2.45) is 5.73 Å². The van der Waals surface area contributed by atoms with Crippen molar-refractivity contribution in [1.29, 1.82) is 0 Å². The van der Waals surface area contributed by atoms with Gasteiger partial charge in [-0.1, -0.05) is 11.6 Å². The van der Waals surface area contributed by atoms with Crippen LogP contribution in [-0.4, -0.2) is 54.6 Å². The number of nitrogens with one attached hydrogen (secondary N) is 5. The molecule has 26 heavy (non-hydrogen) atoms.